The molecule has 0 spiro atoms. The van der Waals surface area contributed by atoms with Gasteiger partial charge in [-0.2, -0.15) is 4.98 Å². The number of aromatic nitrogens is 3. The molecule has 25 heavy (non-hydrogen) atoms. The lowest BCUT2D eigenvalue weighted by Crippen LogP contribution is -2.35. The van der Waals surface area contributed by atoms with E-state index in [1.165, 1.54) is 12.5 Å². The molecule has 128 valence electrons. The Bertz CT molecular complexity index is 829. The van der Waals surface area contributed by atoms with Crippen molar-refractivity contribution in [3.8, 4) is 11.5 Å². The maximum absolute atomic E-state index is 12.5. The Labute approximate surface area is 144 Å². The smallest absolute Gasteiger partial charge is 0.258 e. The molecule has 0 aliphatic carbocycles. The Morgan fingerprint density at radius 1 is 1.28 bits per heavy atom. The molecule has 1 amide bonds. The monoisotopic (exact) mass is 338 g/mol. The van der Waals surface area contributed by atoms with Crippen LogP contribution >= 0.6 is 0 Å². The zero-order valence-corrected chi connectivity index (χ0v) is 13.7. The van der Waals surface area contributed by atoms with Gasteiger partial charge in [0.1, 0.15) is 6.26 Å². The average Bonchev–Trinajstić information content (AvgIpc) is 3.41. The molecule has 1 unspecified atom stereocenters. The van der Waals surface area contributed by atoms with Crippen molar-refractivity contribution in [3.05, 3.63) is 54.5 Å². The van der Waals surface area contributed by atoms with Crippen molar-refractivity contribution in [2.24, 2.45) is 0 Å². The molecule has 0 N–H and O–H groups in total. The number of hydrogen-bond acceptors (Lipinski definition) is 6. The first-order valence-corrected chi connectivity index (χ1v) is 8.37. The quantitative estimate of drug-likeness (QED) is 0.711. The lowest BCUT2D eigenvalue weighted by atomic mass is 10.1. The van der Waals surface area contributed by atoms with Crippen LogP contribution in [-0.4, -0.2) is 38.5 Å². The van der Waals surface area contributed by atoms with Crippen LogP contribution in [0.15, 0.2) is 52.1 Å². The highest BCUT2D eigenvalue weighted by Crippen LogP contribution is 2.24. The summed E-state index contributed by atoms with van der Waals surface area (Å²) in [6.45, 7) is 0.781. The molecule has 1 atom stereocenters. The van der Waals surface area contributed by atoms with Gasteiger partial charge in [-0.15, -0.1) is 0 Å². The van der Waals surface area contributed by atoms with Crippen molar-refractivity contribution in [2.75, 3.05) is 6.54 Å². The minimum absolute atomic E-state index is 0.0295. The van der Waals surface area contributed by atoms with E-state index in [1.54, 1.807) is 18.5 Å². The second-order valence-corrected chi connectivity index (χ2v) is 6.10. The van der Waals surface area contributed by atoms with Crippen LogP contribution in [0.25, 0.3) is 11.5 Å². The number of furan rings is 1. The van der Waals surface area contributed by atoms with Gasteiger partial charge < -0.3 is 13.8 Å². The van der Waals surface area contributed by atoms with E-state index < -0.39 is 0 Å². The number of hydrogen-bond donors (Lipinski definition) is 0. The van der Waals surface area contributed by atoms with Crippen LogP contribution in [0.1, 0.15) is 35.4 Å². The third-order valence-corrected chi connectivity index (χ3v) is 4.50. The first kappa shape index (κ1) is 15.6. The number of pyridine rings is 1. The topological polar surface area (TPSA) is 85.3 Å². The molecule has 1 fully saturated rings. The molecular formula is C18H18N4O3. The molecule has 0 bridgehead atoms. The van der Waals surface area contributed by atoms with Gasteiger partial charge in [0, 0.05) is 37.0 Å². The molecule has 4 rings (SSSR count). The van der Waals surface area contributed by atoms with E-state index in [9.17, 15) is 4.79 Å². The first-order chi connectivity index (χ1) is 12.3. The molecule has 3 aromatic heterocycles. The Kier molecular flexibility index (Phi) is 4.28. The molecule has 0 aromatic carbocycles. The van der Waals surface area contributed by atoms with E-state index in [2.05, 4.69) is 15.1 Å². The van der Waals surface area contributed by atoms with Crippen LogP contribution in [0.4, 0.5) is 0 Å². The summed E-state index contributed by atoms with van der Waals surface area (Å²) in [6, 6.07) is 5.57. The summed E-state index contributed by atoms with van der Waals surface area (Å²) >= 11 is 0. The molecular weight excluding hydrogens is 320 g/mol. The normalized spacial score (nSPS) is 17.1. The second-order valence-electron chi connectivity index (χ2n) is 6.10. The van der Waals surface area contributed by atoms with Crippen LogP contribution in [0.2, 0.25) is 0 Å². The van der Waals surface area contributed by atoms with Crippen LogP contribution < -0.4 is 0 Å². The van der Waals surface area contributed by atoms with Gasteiger partial charge in [-0.3, -0.25) is 9.78 Å². The highest BCUT2D eigenvalue weighted by molar-refractivity contribution is 5.94. The van der Waals surface area contributed by atoms with Crippen molar-refractivity contribution < 1.29 is 13.7 Å². The zero-order valence-electron chi connectivity index (χ0n) is 13.7. The molecule has 3 aromatic rings. The summed E-state index contributed by atoms with van der Waals surface area (Å²) in [5, 5.41) is 4.05. The fourth-order valence-electron chi connectivity index (χ4n) is 3.22. The van der Waals surface area contributed by atoms with Crippen LogP contribution in [-0.2, 0) is 6.42 Å². The van der Waals surface area contributed by atoms with E-state index in [0.717, 1.165) is 31.4 Å². The number of amides is 1. The predicted molar refractivity (Wildman–Crippen MR) is 88.6 cm³/mol. The van der Waals surface area contributed by atoms with Gasteiger partial charge in [0.2, 0.25) is 0 Å². The Morgan fingerprint density at radius 2 is 2.16 bits per heavy atom. The molecule has 0 radical (unpaired) electrons. The lowest BCUT2D eigenvalue weighted by Gasteiger charge is -2.23. The summed E-state index contributed by atoms with van der Waals surface area (Å²) in [6.07, 6.45) is 9.92. The van der Waals surface area contributed by atoms with E-state index >= 15 is 0 Å². The van der Waals surface area contributed by atoms with E-state index in [0.29, 0.717) is 23.7 Å². The molecule has 0 saturated carbocycles. The minimum atomic E-state index is 0.0295. The van der Waals surface area contributed by atoms with Crippen molar-refractivity contribution >= 4 is 5.91 Å². The SMILES string of the molecule is O=C(c1ccoc1)N1CCCC1CCc1noc(-c2ccncc2)n1. The fourth-order valence-corrected chi connectivity index (χ4v) is 3.22. The highest BCUT2D eigenvalue weighted by atomic mass is 16.5. The van der Waals surface area contributed by atoms with E-state index in [1.807, 2.05) is 17.0 Å². The number of rotatable bonds is 5. The van der Waals surface area contributed by atoms with E-state index in [4.69, 9.17) is 8.94 Å². The van der Waals surface area contributed by atoms with Gasteiger partial charge in [0.05, 0.1) is 11.8 Å². The Hall–Kier alpha value is -2.96. The number of carbonyl (C=O) groups excluding carboxylic acids is 1. The number of likely N-dealkylation sites (tertiary alicyclic amines) is 1. The molecule has 1 saturated heterocycles. The van der Waals surface area contributed by atoms with Crippen molar-refractivity contribution in [1.29, 1.82) is 0 Å². The Balaban J connectivity index is 1.39. The third kappa shape index (κ3) is 3.31. The van der Waals surface area contributed by atoms with Crippen LogP contribution in [0.5, 0.6) is 0 Å². The predicted octanol–water partition coefficient (Wildman–Crippen LogP) is 2.96. The first-order valence-electron chi connectivity index (χ1n) is 8.37. The molecule has 7 heteroatoms. The van der Waals surface area contributed by atoms with Gasteiger partial charge in [-0.05, 0) is 37.5 Å². The average molecular weight is 338 g/mol. The Morgan fingerprint density at radius 3 is 2.96 bits per heavy atom. The van der Waals surface area contributed by atoms with Crippen molar-refractivity contribution in [3.63, 3.8) is 0 Å². The third-order valence-electron chi connectivity index (χ3n) is 4.50. The van der Waals surface area contributed by atoms with Crippen LogP contribution in [0.3, 0.4) is 0 Å². The van der Waals surface area contributed by atoms with E-state index in [-0.39, 0.29) is 11.9 Å². The zero-order chi connectivity index (χ0) is 17.1. The second kappa shape index (κ2) is 6.88. The standard InChI is InChI=1S/C18H18N4O3/c23-18(14-7-11-24-12-14)22-10-1-2-15(22)3-4-16-20-17(25-21-16)13-5-8-19-9-6-13/h5-9,11-12,15H,1-4,10H2. The maximum atomic E-state index is 12.5. The fraction of sp³-hybridized carbons (Fsp3) is 0.333. The number of carbonyl (C=O) groups is 1. The summed E-state index contributed by atoms with van der Waals surface area (Å²) in [5.41, 5.74) is 1.46. The summed E-state index contributed by atoms with van der Waals surface area (Å²) in [4.78, 5) is 22.9. The molecule has 1 aliphatic heterocycles. The lowest BCUT2D eigenvalue weighted by molar-refractivity contribution is 0.0729. The van der Waals surface area contributed by atoms with Gasteiger partial charge in [-0.1, -0.05) is 5.16 Å². The maximum Gasteiger partial charge on any atom is 0.258 e. The van der Waals surface area contributed by atoms with Crippen molar-refractivity contribution in [2.45, 2.75) is 31.7 Å². The highest BCUT2D eigenvalue weighted by Gasteiger charge is 2.29. The number of aryl methyl sites for hydroxylation is 1. The largest absolute Gasteiger partial charge is 0.472 e. The summed E-state index contributed by atoms with van der Waals surface area (Å²) in [7, 11) is 0. The molecule has 7 nitrogen and oxygen atoms in total. The van der Waals surface area contributed by atoms with Crippen molar-refractivity contribution in [1.82, 2.24) is 20.0 Å². The van der Waals surface area contributed by atoms with Gasteiger partial charge in [0.15, 0.2) is 5.82 Å². The minimum Gasteiger partial charge on any atom is -0.472 e. The van der Waals surface area contributed by atoms with Gasteiger partial charge in [0.25, 0.3) is 11.8 Å². The van der Waals surface area contributed by atoms with Gasteiger partial charge >= 0.3 is 0 Å². The van der Waals surface area contributed by atoms with Crippen LogP contribution in [0, 0.1) is 0 Å². The van der Waals surface area contributed by atoms with Gasteiger partial charge in [-0.25, -0.2) is 0 Å². The summed E-state index contributed by atoms with van der Waals surface area (Å²) < 4.78 is 10.3. The molecule has 1 aliphatic rings. The number of nitrogens with zero attached hydrogens (tertiary/aromatic N) is 4. The summed E-state index contributed by atoms with van der Waals surface area (Å²) in [5.74, 6) is 1.19. The molecule has 4 heterocycles.